The van der Waals surface area contributed by atoms with Gasteiger partial charge in [0.05, 0.1) is 6.54 Å². The quantitative estimate of drug-likeness (QED) is 0.891. The lowest BCUT2D eigenvalue weighted by molar-refractivity contribution is 0.0635. The molecule has 2 amide bonds. The van der Waals surface area contributed by atoms with Crippen molar-refractivity contribution >= 4 is 17.7 Å². The summed E-state index contributed by atoms with van der Waals surface area (Å²) in [5.74, 6) is 0.301. The highest BCUT2D eigenvalue weighted by Gasteiger charge is 2.16. The zero-order chi connectivity index (χ0) is 18.4. The number of nitrogens with one attached hydrogen (secondary N) is 2. The monoisotopic (exact) mass is 342 g/mol. The lowest BCUT2D eigenvalue weighted by Crippen LogP contribution is -2.27. The maximum atomic E-state index is 12.1. The number of carbonyl (C=O) groups excluding carboxylic acids is 2. The summed E-state index contributed by atoms with van der Waals surface area (Å²) >= 11 is 0. The van der Waals surface area contributed by atoms with Crippen molar-refractivity contribution in [2.45, 2.75) is 39.8 Å². The highest BCUT2D eigenvalue weighted by Crippen LogP contribution is 2.13. The van der Waals surface area contributed by atoms with Gasteiger partial charge in [-0.2, -0.15) is 0 Å². The molecule has 7 nitrogen and oxygen atoms in total. The first-order chi connectivity index (χ1) is 11.7. The predicted molar refractivity (Wildman–Crippen MR) is 94.2 cm³/mol. The Morgan fingerprint density at radius 3 is 2.24 bits per heavy atom. The van der Waals surface area contributed by atoms with E-state index in [-0.39, 0.29) is 12.5 Å². The molecule has 0 aliphatic carbocycles. The van der Waals surface area contributed by atoms with Crippen LogP contribution in [-0.4, -0.2) is 27.6 Å². The number of anilines is 1. The first kappa shape index (κ1) is 18.4. The standard InChI is InChI=1S/C18H22N4O3/c1-12-9-19-15(20-10-12)11-21-16(23)13-5-7-14(8-6-13)22-17(24)25-18(2,3)4/h5-10H,11H2,1-4H3,(H,21,23)(H,22,24). The summed E-state index contributed by atoms with van der Waals surface area (Å²) in [4.78, 5) is 32.1. The molecule has 7 heteroatoms. The number of hydrogen-bond donors (Lipinski definition) is 2. The number of rotatable bonds is 4. The fourth-order valence-corrected chi connectivity index (χ4v) is 1.90. The summed E-state index contributed by atoms with van der Waals surface area (Å²) in [5, 5.41) is 5.36. The second kappa shape index (κ2) is 7.74. The minimum absolute atomic E-state index is 0.243. The molecule has 0 saturated heterocycles. The zero-order valence-corrected chi connectivity index (χ0v) is 14.8. The summed E-state index contributed by atoms with van der Waals surface area (Å²) < 4.78 is 5.17. The van der Waals surface area contributed by atoms with Crippen LogP contribution >= 0.6 is 0 Å². The van der Waals surface area contributed by atoms with Crippen molar-refractivity contribution in [2.24, 2.45) is 0 Å². The van der Waals surface area contributed by atoms with E-state index in [0.717, 1.165) is 5.56 Å². The highest BCUT2D eigenvalue weighted by atomic mass is 16.6. The molecule has 1 aromatic heterocycles. The minimum Gasteiger partial charge on any atom is -0.444 e. The Hall–Kier alpha value is -2.96. The zero-order valence-electron chi connectivity index (χ0n) is 14.8. The van der Waals surface area contributed by atoms with Gasteiger partial charge in [0.25, 0.3) is 5.91 Å². The molecule has 25 heavy (non-hydrogen) atoms. The van der Waals surface area contributed by atoms with Crippen LogP contribution in [0.5, 0.6) is 0 Å². The van der Waals surface area contributed by atoms with E-state index >= 15 is 0 Å². The average Bonchev–Trinajstić information content (AvgIpc) is 2.53. The smallest absolute Gasteiger partial charge is 0.412 e. The highest BCUT2D eigenvalue weighted by molar-refractivity contribution is 5.95. The molecular weight excluding hydrogens is 320 g/mol. The number of hydrogen-bond acceptors (Lipinski definition) is 5. The van der Waals surface area contributed by atoms with Gasteiger partial charge >= 0.3 is 6.09 Å². The SMILES string of the molecule is Cc1cnc(CNC(=O)c2ccc(NC(=O)OC(C)(C)C)cc2)nc1. The molecule has 2 aromatic rings. The maximum absolute atomic E-state index is 12.1. The van der Waals surface area contributed by atoms with Gasteiger partial charge in [0, 0.05) is 23.6 Å². The van der Waals surface area contributed by atoms with Crippen molar-refractivity contribution < 1.29 is 14.3 Å². The van der Waals surface area contributed by atoms with Crippen molar-refractivity contribution in [3.05, 3.63) is 53.6 Å². The van der Waals surface area contributed by atoms with Crippen LogP contribution in [0.25, 0.3) is 0 Å². The Kier molecular flexibility index (Phi) is 5.69. The third kappa shape index (κ3) is 6.21. The number of aryl methyl sites for hydroxylation is 1. The van der Waals surface area contributed by atoms with E-state index in [1.165, 1.54) is 0 Å². The molecule has 132 valence electrons. The summed E-state index contributed by atoms with van der Waals surface area (Å²) in [5.41, 5.74) is 1.42. The predicted octanol–water partition coefficient (Wildman–Crippen LogP) is 3.06. The molecule has 0 aliphatic rings. The van der Waals surface area contributed by atoms with E-state index < -0.39 is 11.7 Å². The van der Waals surface area contributed by atoms with Crippen LogP contribution in [0.3, 0.4) is 0 Å². The second-order valence-corrected chi connectivity index (χ2v) is 6.56. The van der Waals surface area contributed by atoms with E-state index in [9.17, 15) is 9.59 Å². The number of ether oxygens (including phenoxy) is 1. The molecule has 0 radical (unpaired) electrons. The van der Waals surface area contributed by atoms with Crippen molar-refractivity contribution in [1.29, 1.82) is 0 Å². The van der Waals surface area contributed by atoms with E-state index in [0.29, 0.717) is 17.1 Å². The molecule has 1 heterocycles. The molecule has 2 rings (SSSR count). The second-order valence-electron chi connectivity index (χ2n) is 6.56. The van der Waals surface area contributed by atoms with Crippen LogP contribution in [0.15, 0.2) is 36.7 Å². The molecule has 0 saturated carbocycles. The van der Waals surface area contributed by atoms with Gasteiger partial charge in [-0.15, -0.1) is 0 Å². The van der Waals surface area contributed by atoms with Crippen molar-refractivity contribution in [2.75, 3.05) is 5.32 Å². The Bertz CT molecular complexity index is 734. The number of nitrogens with zero attached hydrogens (tertiary/aromatic N) is 2. The molecule has 1 aromatic carbocycles. The first-order valence-electron chi connectivity index (χ1n) is 7.89. The number of aromatic nitrogens is 2. The Labute approximate surface area is 146 Å². The van der Waals surface area contributed by atoms with Gasteiger partial charge in [0.15, 0.2) is 0 Å². The molecular formula is C18H22N4O3. The van der Waals surface area contributed by atoms with Gasteiger partial charge in [-0.3, -0.25) is 10.1 Å². The van der Waals surface area contributed by atoms with E-state index in [4.69, 9.17) is 4.74 Å². The summed E-state index contributed by atoms with van der Waals surface area (Å²) in [6, 6.07) is 6.53. The van der Waals surface area contributed by atoms with Crippen molar-refractivity contribution in [1.82, 2.24) is 15.3 Å². The van der Waals surface area contributed by atoms with Crippen LogP contribution in [0.4, 0.5) is 10.5 Å². The number of carbonyl (C=O) groups is 2. The molecule has 0 atom stereocenters. The first-order valence-corrected chi connectivity index (χ1v) is 7.89. The Morgan fingerprint density at radius 2 is 1.68 bits per heavy atom. The van der Waals surface area contributed by atoms with Gasteiger partial charge in [0.1, 0.15) is 11.4 Å². The lowest BCUT2D eigenvalue weighted by Gasteiger charge is -2.19. The van der Waals surface area contributed by atoms with E-state index in [1.54, 1.807) is 57.4 Å². The normalized spacial score (nSPS) is 10.9. The average molecular weight is 342 g/mol. The van der Waals surface area contributed by atoms with E-state index in [1.807, 2.05) is 6.92 Å². The van der Waals surface area contributed by atoms with Gasteiger partial charge in [0.2, 0.25) is 0 Å². The van der Waals surface area contributed by atoms with E-state index in [2.05, 4.69) is 20.6 Å². The van der Waals surface area contributed by atoms with Gasteiger partial charge < -0.3 is 10.1 Å². The summed E-state index contributed by atoms with van der Waals surface area (Å²) in [6.45, 7) is 7.51. The Balaban J connectivity index is 1.89. The van der Waals surface area contributed by atoms with Crippen LogP contribution in [-0.2, 0) is 11.3 Å². The topological polar surface area (TPSA) is 93.2 Å². The fraction of sp³-hybridized carbons (Fsp3) is 0.333. The third-order valence-electron chi connectivity index (χ3n) is 3.03. The lowest BCUT2D eigenvalue weighted by atomic mass is 10.2. The van der Waals surface area contributed by atoms with Crippen molar-refractivity contribution in [3.63, 3.8) is 0 Å². The molecule has 0 bridgehead atoms. The molecule has 0 unspecified atom stereocenters. The molecule has 0 aliphatic heterocycles. The summed E-state index contributed by atoms with van der Waals surface area (Å²) in [7, 11) is 0. The molecule has 0 fully saturated rings. The van der Waals surface area contributed by atoms with Gasteiger partial charge in [-0.05, 0) is 57.5 Å². The maximum Gasteiger partial charge on any atom is 0.412 e. The van der Waals surface area contributed by atoms with Crippen LogP contribution in [0, 0.1) is 6.92 Å². The molecule has 2 N–H and O–H groups in total. The van der Waals surface area contributed by atoms with Crippen LogP contribution in [0.1, 0.15) is 42.5 Å². The number of benzene rings is 1. The van der Waals surface area contributed by atoms with Crippen LogP contribution in [0.2, 0.25) is 0 Å². The van der Waals surface area contributed by atoms with Crippen molar-refractivity contribution in [3.8, 4) is 0 Å². The fourth-order valence-electron chi connectivity index (χ4n) is 1.90. The number of amides is 2. The third-order valence-corrected chi connectivity index (χ3v) is 3.03. The summed E-state index contributed by atoms with van der Waals surface area (Å²) in [6.07, 6.45) is 2.86. The minimum atomic E-state index is -0.568. The van der Waals surface area contributed by atoms with Gasteiger partial charge in [-0.1, -0.05) is 0 Å². The van der Waals surface area contributed by atoms with Crippen LogP contribution < -0.4 is 10.6 Å². The Morgan fingerprint density at radius 1 is 1.08 bits per heavy atom. The van der Waals surface area contributed by atoms with Gasteiger partial charge in [-0.25, -0.2) is 14.8 Å². The largest absolute Gasteiger partial charge is 0.444 e. The molecule has 0 spiro atoms.